The summed E-state index contributed by atoms with van der Waals surface area (Å²) in [7, 11) is 0. The second-order valence-electron chi connectivity index (χ2n) is 3.62. The van der Waals surface area contributed by atoms with Crippen molar-refractivity contribution in [3.8, 4) is 5.75 Å². The van der Waals surface area contributed by atoms with Gasteiger partial charge in [-0.2, -0.15) is 5.21 Å². The number of tetrazole rings is 1. The van der Waals surface area contributed by atoms with E-state index in [1.165, 1.54) is 0 Å². The molecular formula is C10H12BrN5O. The van der Waals surface area contributed by atoms with Crippen molar-refractivity contribution in [1.82, 2.24) is 25.9 Å². The number of aromatic amines is 1. The molecule has 1 heterocycles. The minimum Gasteiger partial charge on any atom is -0.506 e. The molecule has 0 spiro atoms. The first-order chi connectivity index (χ1) is 8.18. The average molecular weight is 298 g/mol. The highest BCUT2D eigenvalue weighted by Crippen LogP contribution is 2.27. The van der Waals surface area contributed by atoms with E-state index in [1.54, 1.807) is 6.07 Å². The van der Waals surface area contributed by atoms with Gasteiger partial charge in [-0.25, -0.2) is 0 Å². The summed E-state index contributed by atoms with van der Waals surface area (Å²) >= 11 is 3.27. The number of phenols is 1. The average Bonchev–Trinajstić information content (AvgIpc) is 2.84. The first-order valence-electron chi connectivity index (χ1n) is 5.11. The second kappa shape index (κ2) is 5.24. The summed E-state index contributed by atoms with van der Waals surface area (Å²) in [5.41, 5.74) is 0.815. The largest absolute Gasteiger partial charge is 0.506 e. The van der Waals surface area contributed by atoms with Gasteiger partial charge in [0.25, 0.3) is 0 Å². The predicted molar refractivity (Wildman–Crippen MR) is 65.2 cm³/mol. The lowest BCUT2D eigenvalue weighted by atomic mass is 10.2. The Hall–Kier alpha value is -1.47. The standard InChI is InChI=1S/C10H12BrN5O/c1-6(10-13-15-16-14-10)12-5-7-3-2-4-8(11)9(7)17/h2-4,6,12,17H,5H2,1H3,(H,13,14,15,16). The zero-order valence-electron chi connectivity index (χ0n) is 9.18. The van der Waals surface area contributed by atoms with E-state index >= 15 is 0 Å². The monoisotopic (exact) mass is 297 g/mol. The molecule has 0 amide bonds. The number of para-hydroxylation sites is 1. The summed E-state index contributed by atoms with van der Waals surface area (Å²) in [5.74, 6) is 0.847. The van der Waals surface area contributed by atoms with Crippen molar-refractivity contribution >= 4 is 15.9 Å². The quantitative estimate of drug-likeness (QED) is 0.796. The molecule has 1 aromatic carbocycles. The molecule has 1 unspecified atom stereocenters. The molecule has 1 aromatic heterocycles. The molecule has 2 aromatic rings. The highest BCUT2D eigenvalue weighted by molar-refractivity contribution is 9.10. The van der Waals surface area contributed by atoms with Gasteiger partial charge in [0.2, 0.25) is 0 Å². The molecule has 0 saturated heterocycles. The summed E-state index contributed by atoms with van der Waals surface area (Å²) in [6, 6.07) is 5.49. The fraction of sp³-hybridized carbons (Fsp3) is 0.300. The van der Waals surface area contributed by atoms with Crippen LogP contribution >= 0.6 is 15.9 Å². The van der Waals surface area contributed by atoms with Gasteiger partial charge < -0.3 is 10.4 Å². The molecule has 0 saturated carbocycles. The van der Waals surface area contributed by atoms with E-state index < -0.39 is 0 Å². The van der Waals surface area contributed by atoms with Gasteiger partial charge in [-0.15, -0.1) is 10.2 Å². The van der Waals surface area contributed by atoms with E-state index in [2.05, 4.69) is 41.9 Å². The molecule has 7 heteroatoms. The Morgan fingerprint density at radius 2 is 2.35 bits per heavy atom. The Balaban J connectivity index is 2.00. The molecule has 1 atom stereocenters. The molecule has 0 fully saturated rings. The normalized spacial score (nSPS) is 12.6. The summed E-state index contributed by atoms with van der Waals surface area (Å²) in [6.07, 6.45) is 0. The number of nitrogens with zero attached hydrogens (tertiary/aromatic N) is 3. The Morgan fingerprint density at radius 1 is 1.53 bits per heavy atom. The van der Waals surface area contributed by atoms with Crippen molar-refractivity contribution in [3.05, 3.63) is 34.1 Å². The Morgan fingerprint density at radius 3 is 3.06 bits per heavy atom. The number of rotatable bonds is 4. The number of nitrogens with one attached hydrogen (secondary N) is 2. The number of aromatic nitrogens is 4. The molecule has 17 heavy (non-hydrogen) atoms. The lowest BCUT2D eigenvalue weighted by Crippen LogP contribution is -2.19. The molecule has 0 bridgehead atoms. The van der Waals surface area contributed by atoms with Crippen molar-refractivity contribution in [1.29, 1.82) is 0 Å². The maximum absolute atomic E-state index is 9.80. The van der Waals surface area contributed by atoms with Crippen molar-refractivity contribution in [2.75, 3.05) is 0 Å². The fourth-order valence-corrected chi connectivity index (χ4v) is 1.82. The van der Waals surface area contributed by atoms with E-state index in [-0.39, 0.29) is 11.8 Å². The molecule has 0 aliphatic rings. The number of halogens is 1. The first kappa shape index (κ1) is 12.0. The van der Waals surface area contributed by atoms with Crippen LogP contribution < -0.4 is 5.32 Å². The summed E-state index contributed by atoms with van der Waals surface area (Å²) in [6.45, 7) is 2.46. The van der Waals surface area contributed by atoms with Gasteiger partial charge in [0.15, 0.2) is 5.82 Å². The molecule has 0 aliphatic carbocycles. The van der Waals surface area contributed by atoms with Crippen LogP contribution in [-0.2, 0) is 6.54 Å². The SMILES string of the molecule is CC(NCc1cccc(Br)c1O)c1nn[nH]n1. The number of phenolic OH excluding ortho intramolecular Hbond substituents is 1. The van der Waals surface area contributed by atoms with Crippen LogP contribution in [0.5, 0.6) is 5.75 Å². The highest BCUT2D eigenvalue weighted by atomic mass is 79.9. The number of aromatic hydroxyl groups is 1. The van der Waals surface area contributed by atoms with Gasteiger partial charge in [-0.05, 0) is 28.9 Å². The molecule has 0 radical (unpaired) electrons. The lowest BCUT2D eigenvalue weighted by molar-refractivity contribution is 0.455. The smallest absolute Gasteiger partial charge is 0.191 e. The van der Waals surface area contributed by atoms with Crippen molar-refractivity contribution in [2.24, 2.45) is 0 Å². The zero-order valence-corrected chi connectivity index (χ0v) is 10.8. The van der Waals surface area contributed by atoms with Gasteiger partial charge >= 0.3 is 0 Å². The maximum Gasteiger partial charge on any atom is 0.191 e. The van der Waals surface area contributed by atoms with Gasteiger partial charge in [0.05, 0.1) is 10.5 Å². The van der Waals surface area contributed by atoms with Crippen LogP contribution in [0.25, 0.3) is 0 Å². The minimum absolute atomic E-state index is 0.0351. The third-order valence-electron chi connectivity index (χ3n) is 2.42. The molecule has 2 rings (SSSR count). The summed E-state index contributed by atoms with van der Waals surface area (Å²) in [4.78, 5) is 0. The van der Waals surface area contributed by atoms with Gasteiger partial charge in [0, 0.05) is 12.1 Å². The Kier molecular flexibility index (Phi) is 3.70. The van der Waals surface area contributed by atoms with Crippen LogP contribution in [0.3, 0.4) is 0 Å². The number of H-pyrrole nitrogens is 1. The number of benzene rings is 1. The Labute approximate surface area is 107 Å². The van der Waals surface area contributed by atoms with Crippen LogP contribution in [0.4, 0.5) is 0 Å². The molecule has 3 N–H and O–H groups in total. The van der Waals surface area contributed by atoms with E-state index in [0.29, 0.717) is 16.8 Å². The number of hydrogen-bond acceptors (Lipinski definition) is 5. The van der Waals surface area contributed by atoms with E-state index in [4.69, 9.17) is 0 Å². The molecule has 0 aliphatic heterocycles. The van der Waals surface area contributed by atoms with Crippen molar-refractivity contribution in [3.63, 3.8) is 0 Å². The third kappa shape index (κ3) is 2.80. The highest BCUT2D eigenvalue weighted by Gasteiger charge is 2.11. The second-order valence-corrected chi connectivity index (χ2v) is 4.47. The van der Waals surface area contributed by atoms with Crippen LogP contribution in [0, 0.1) is 0 Å². The van der Waals surface area contributed by atoms with Crippen LogP contribution in [0.2, 0.25) is 0 Å². The third-order valence-corrected chi connectivity index (χ3v) is 3.06. The predicted octanol–water partition coefficient (Wildman–Crippen LogP) is 1.52. The van der Waals surface area contributed by atoms with Crippen molar-refractivity contribution in [2.45, 2.75) is 19.5 Å². The summed E-state index contributed by atoms with van der Waals surface area (Å²) < 4.78 is 0.684. The topological polar surface area (TPSA) is 86.7 Å². The lowest BCUT2D eigenvalue weighted by Gasteiger charge is -2.11. The van der Waals surface area contributed by atoms with Crippen LogP contribution in [-0.4, -0.2) is 25.7 Å². The summed E-state index contributed by atoms with van der Waals surface area (Å²) in [5, 5.41) is 26.7. The molecular weight excluding hydrogens is 286 g/mol. The molecule has 90 valence electrons. The fourth-order valence-electron chi connectivity index (χ4n) is 1.41. The van der Waals surface area contributed by atoms with Crippen LogP contribution in [0.15, 0.2) is 22.7 Å². The van der Waals surface area contributed by atoms with Gasteiger partial charge in [-0.1, -0.05) is 17.3 Å². The van der Waals surface area contributed by atoms with Crippen molar-refractivity contribution < 1.29 is 5.11 Å². The Bertz CT molecular complexity index is 487. The van der Waals surface area contributed by atoms with E-state index in [0.717, 1.165) is 5.56 Å². The zero-order chi connectivity index (χ0) is 12.3. The van der Waals surface area contributed by atoms with Gasteiger partial charge in [0.1, 0.15) is 5.75 Å². The van der Waals surface area contributed by atoms with E-state index in [1.807, 2.05) is 19.1 Å². The first-order valence-corrected chi connectivity index (χ1v) is 5.91. The van der Waals surface area contributed by atoms with E-state index in [9.17, 15) is 5.11 Å². The van der Waals surface area contributed by atoms with Gasteiger partial charge in [-0.3, -0.25) is 0 Å². The maximum atomic E-state index is 9.80. The number of hydrogen-bond donors (Lipinski definition) is 3. The minimum atomic E-state index is -0.0351. The van der Waals surface area contributed by atoms with Crippen LogP contribution in [0.1, 0.15) is 24.4 Å². The molecule has 6 nitrogen and oxygen atoms in total.